The third-order valence-corrected chi connectivity index (χ3v) is 6.54. The summed E-state index contributed by atoms with van der Waals surface area (Å²) in [6, 6.07) is 22.0. The molecule has 0 spiro atoms. The van der Waals surface area contributed by atoms with E-state index in [1.54, 1.807) is 24.3 Å². The molecule has 0 unspecified atom stereocenters. The van der Waals surface area contributed by atoms with Gasteiger partial charge < -0.3 is 4.74 Å². The smallest absolute Gasteiger partial charge is 0.266 e. The molecule has 2 aliphatic rings. The van der Waals surface area contributed by atoms with E-state index in [0.717, 1.165) is 27.0 Å². The number of anilines is 2. The standard InChI is InChI=1S/C25H21BrN2O4/c1-15-5-3-4-6-20(15)28-22(16-7-13-19(31-2)14-8-16)21-23(32-28)25(30)27(24(21)29)18-11-9-17(26)10-12-18/h3-14,21-23H,1-2H3/t21-,22-,23-/m1/s1. The number of hydrogen-bond donors (Lipinski definition) is 0. The number of halogens is 1. The van der Waals surface area contributed by atoms with Gasteiger partial charge in [-0.1, -0.05) is 46.3 Å². The van der Waals surface area contributed by atoms with E-state index in [4.69, 9.17) is 9.57 Å². The van der Waals surface area contributed by atoms with Crippen molar-refractivity contribution in [1.29, 1.82) is 0 Å². The van der Waals surface area contributed by atoms with Crippen molar-refractivity contribution in [2.45, 2.75) is 19.1 Å². The first-order chi connectivity index (χ1) is 15.5. The van der Waals surface area contributed by atoms with Crippen LogP contribution in [0.5, 0.6) is 5.75 Å². The molecule has 3 aromatic rings. The van der Waals surface area contributed by atoms with Crippen molar-refractivity contribution in [1.82, 2.24) is 0 Å². The maximum atomic E-state index is 13.6. The number of imide groups is 1. The zero-order chi connectivity index (χ0) is 22.4. The van der Waals surface area contributed by atoms with Crippen LogP contribution in [0.25, 0.3) is 0 Å². The third-order valence-electron chi connectivity index (χ3n) is 6.01. The Labute approximate surface area is 194 Å². The van der Waals surface area contributed by atoms with Crippen LogP contribution in [0.4, 0.5) is 11.4 Å². The lowest BCUT2D eigenvalue weighted by molar-refractivity contribution is -0.126. The lowest BCUT2D eigenvalue weighted by Gasteiger charge is -2.29. The Morgan fingerprint density at radius 2 is 1.59 bits per heavy atom. The monoisotopic (exact) mass is 492 g/mol. The first-order valence-corrected chi connectivity index (χ1v) is 11.1. The molecule has 5 rings (SSSR count). The number of nitrogens with zero attached hydrogens (tertiary/aromatic N) is 2. The van der Waals surface area contributed by atoms with E-state index in [1.807, 2.05) is 67.6 Å². The second-order valence-corrected chi connectivity index (χ2v) is 8.79. The van der Waals surface area contributed by atoms with E-state index in [9.17, 15) is 9.59 Å². The van der Waals surface area contributed by atoms with Gasteiger partial charge in [-0.25, -0.2) is 9.96 Å². The van der Waals surface area contributed by atoms with Crippen LogP contribution < -0.4 is 14.7 Å². The normalized spacial score (nSPS) is 22.4. The highest BCUT2D eigenvalue weighted by atomic mass is 79.9. The zero-order valence-corrected chi connectivity index (χ0v) is 19.2. The third kappa shape index (κ3) is 3.29. The van der Waals surface area contributed by atoms with Gasteiger partial charge in [-0.05, 0) is 60.5 Å². The van der Waals surface area contributed by atoms with Crippen molar-refractivity contribution in [3.8, 4) is 5.75 Å². The number of rotatable bonds is 4. The fourth-order valence-corrected chi connectivity index (χ4v) is 4.68. The molecule has 2 heterocycles. The van der Waals surface area contributed by atoms with E-state index in [0.29, 0.717) is 5.69 Å². The molecule has 162 valence electrons. The molecule has 3 atom stereocenters. The number of benzene rings is 3. The fourth-order valence-electron chi connectivity index (χ4n) is 4.42. The van der Waals surface area contributed by atoms with Crippen molar-refractivity contribution in [3.05, 3.63) is 88.4 Å². The number of fused-ring (bicyclic) bond motifs is 1. The predicted octanol–water partition coefficient (Wildman–Crippen LogP) is 4.82. The van der Waals surface area contributed by atoms with E-state index >= 15 is 0 Å². The Morgan fingerprint density at radius 1 is 0.906 bits per heavy atom. The van der Waals surface area contributed by atoms with Gasteiger partial charge >= 0.3 is 0 Å². The van der Waals surface area contributed by atoms with E-state index in [-0.39, 0.29) is 11.8 Å². The average Bonchev–Trinajstić information content (AvgIpc) is 3.31. The Kier molecular flexibility index (Phi) is 5.23. The van der Waals surface area contributed by atoms with Gasteiger partial charge in [0.1, 0.15) is 11.7 Å². The quantitative estimate of drug-likeness (QED) is 0.488. The Bertz CT molecular complexity index is 1180. The van der Waals surface area contributed by atoms with Crippen molar-refractivity contribution < 1.29 is 19.2 Å². The summed E-state index contributed by atoms with van der Waals surface area (Å²) in [7, 11) is 1.61. The lowest BCUT2D eigenvalue weighted by atomic mass is 9.90. The molecule has 32 heavy (non-hydrogen) atoms. The number of amides is 2. The van der Waals surface area contributed by atoms with Gasteiger partial charge in [0.05, 0.1) is 24.5 Å². The first-order valence-electron chi connectivity index (χ1n) is 10.3. The molecule has 0 bridgehead atoms. The first kappa shape index (κ1) is 20.7. The highest BCUT2D eigenvalue weighted by molar-refractivity contribution is 9.10. The van der Waals surface area contributed by atoms with E-state index < -0.39 is 18.1 Å². The second kappa shape index (κ2) is 8.07. The molecule has 7 heteroatoms. The summed E-state index contributed by atoms with van der Waals surface area (Å²) in [6.07, 6.45) is -0.891. The molecule has 2 aliphatic heterocycles. The molecule has 0 radical (unpaired) electrons. The number of hydrogen-bond acceptors (Lipinski definition) is 5. The Hall–Kier alpha value is -3.16. The molecule has 0 saturated carbocycles. The maximum Gasteiger partial charge on any atom is 0.266 e. The van der Waals surface area contributed by atoms with Crippen LogP contribution in [0.2, 0.25) is 0 Å². The van der Waals surface area contributed by atoms with Crippen LogP contribution in [-0.4, -0.2) is 25.0 Å². The van der Waals surface area contributed by atoms with Crippen molar-refractivity contribution in [2.24, 2.45) is 5.92 Å². The summed E-state index contributed by atoms with van der Waals surface area (Å²) in [5.41, 5.74) is 3.24. The molecular formula is C25H21BrN2O4. The van der Waals surface area contributed by atoms with Crippen LogP contribution in [0, 0.1) is 12.8 Å². The summed E-state index contributed by atoms with van der Waals surface area (Å²) in [5.74, 6) is -0.563. The fraction of sp³-hybridized carbons (Fsp3) is 0.200. The lowest BCUT2D eigenvalue weighted by Crippen LogP contribution is -2.37. The van der Waals surface area contributed by atoms with Crippen molar-refractivity contribution in [2.75, 3.05) is 17.1 Å². The maximum absolute atomic E-state index is 13.6. The predicted molar refractivity (Wildman–Crippen MR) is 124 cm³/mol. The number of methoxy groups -OCH3 is 1. The number of aryl methyl sites for hydroxylation is 1. The average molecular weight is 493 g/mol. The summed E-state index contributed by atoms with van der Waals surface area (Å²) < 4.78 is 6.17. The van der Waals surface area contributed by atoms with Gasteiger partial charge in [-0.3, -0.25) is 14.4 Å². The number of para-hydroxylation sites is 1. The molecule has 2 amide bonds. The minimum absolute atomic E-state index is 0.265. The van der Waals surface area contributed by atoms with Gasteiger partial charge in [0.15, 0.2) is 6.10 Å². The number of hydroxylamine groups is 1. The molecule has 3 aromatic carbocycles. The molecule has 0 aromatic heterocycles. The van der Waals surface area contributed by atoms with Crippen molar-refractivity contribution in [3.63, 3.8) is 0 Å². The molecular weight excluding hydrogens is 472 g/mol. The van der Waals surface area contributed by atoms with Gasteiger partial charge in [0, 0.05) is 4.47 Å². The van der Waals surface area contributed by atoms with Crippen LogP contribution in [0.3, 0.4) is 0 Å². The van der Waals surface area contributed by atoms with E-state index in [2.05, 4.69) is 15.9 Å². The SMILES string of the molecule is COc1ccc([C@@H]2[C@H]3C(=O)N(c4ccc(Br)cc4)C(=O)[C@@H]3ON2c2ccccc2C)cc1. The summed E-state index contributed by atoms with van der Waals surface area (Å²) in [4.78, 5) is 34.4. The molecule has 2 saturated heterocycles. The van der Waals surface area contributed by atoms with Gasteiger partial charge in [-0.15, -0.1) is 0 Å². The number of carbonyl (C=O) groups is 2. The highest BCUT2D eigenvalue weighted by Gasteiger charge is 2.60. The minimum Gasteiger partial charge on any atom is -0.497 e. The summed E-state index contributed by atoms with van der Waals surface area (Å²) >= 11 is 3.40. The van der Waals surface area contributed by atoms with E-state index in [1.165, 1.54) is 4.90 Å². The van der Waals surface area contributed by atoms with Crippen LogP contribution in [-0.2, 0) is 14.4 Å². The summed E-state index contributed by atoms with van der Waals surface area (Å²) in [5, 5.41) is 1.72. The second-order valence-electron chi connectivity index (χ2n) is 7.87. The molecule has 6 nitrogen and oxygen atoms in total. The molecule has 2 fully saturated rings. The molecule has 0 N–H and O–H groups in total. The number of carbonyl (C=O) groups excluding carboxylic acids is 2. The topological polar surface area (TPSA) is 59.1 Å². The Morgan fingerprint density at radius 3 is 2.25 bits per heavy atom. The van der Waals surface area contributed by atoms with Gasteiger partial charge in [0.25, 0.3) is 5.91 Å². The number of ether oxygens (including phenoxy) is 1. The summed E-state index contributed by atoms with van der Waals surface area (Å²) in [6.45, 7) is 1.98. The van der Waals surface area contributed by atoms with Gasteiger partial charge in [-0.2, -0.15) is 0 Å². The zero-order valence-electron chi connectivity index (χ0n) is 17.6. The van der Waals surface area contributed by atoms with Crippen LogP contribution in [0.1, 0.15) is 17.2 Å². The highest BCUT2D eigenvalue weighted by Crippen LogP contribution is 2.48. The molecule has 0 aliphatic carbocycles. The Balaban J connectivity index is 1.59. The largest absolute Gasteiger partial charge is 0.497 e. The van der Waals surface area contributed by atoms with Crippen LogP contribution in [0.15, 0.2) is 77.3 Å². The van der Waals surface area contributed by atoms with Crippen molar-refractivity contribution >= 4 is 39.1 Å². The van der Waals surface area contributed by atoms with Gasteiger partial charge in [0.2, 0.25) is 5.91 Å². The minimum atomic E-state index is -0.891. The van der Waals surface area contributed by atoms with Crippen LogP contribution >= 0.6 is 15.9 Å².